The van der Waals surface area contributed by atoms with E-state index < -0.39 is 9.84 Å². The van der Waals surface area contributed by atoms with Gasteiger partial charge in [0.05, 0.1) is 0 Å². The van der Waals surface area contributed by atoms with Crippen molar-refractivity contribution in [2.24, 2.45) is 5.73 Å². The molecule has 2 heterocycles. The summed E-state index contributed by atoms with van der Waals surface area (Å²) in [6, 6.07) is 12.8. The minimum Gasteiger partial charge on any atom is -0.455 e. The van der Waals surface area contributed by atoms with Crippen LogP contribution in [0.1, 0.15) is 27.8 Å². The van der Waals surface area contributed by atoms with Gasteiger partial charge in [-0.1, -0.05) is 30.3 Å². The molecule has 0 bridgehead atoms. The van der Waals surface area contributed by atoms with Crippen LogP contribution >= 0.6 is 12.4 Å². The third kappa shape index (κ3) is 4.62. The lowest BCUT2D eigenvalue weighted by atomic mass is 9.95. The fourth-order valence-electron chi connectivity index (χ4n) is 3.03. The van der Waals surface area contributed by atoms with Crippen LogP contribution in [0.5, 0.6) is 0 Å². The summed E-state index contributed by atoms with van der Waals surface area (Å²) in [5, 5.41) is 0. The Kier molecular flexibility index (Phi) is 5.92. The molecule has 1 saturated heterocycles. The molecule has 136 valence electrons. The summed E-state index contributed by atoms with van der Waals surface area (Å²) >= 11 is 0. The molecule has 1 aliphatic heterocycles. The number of sulfone groups is 1. The zero-order valence-electron chi connectivity index (χ0n) is 13.8. The summed E-state index contributed by atoms with van der Waals surface area (Å²) in [6.45, 7) is 0.965. The number of hydrogen-bond donors (Lipinski definition) is 1. The van der Waals surface area contributed by atoms with Gasteiger partial charge in [-0.3, -0.25) is 4.79 Å². The first kappa shape index (κ1) is 19.5. The second-order valence-electron chi connectivity index (χ2n) is 6.23. The Morgan fingerprint density at radius 1 is 1.20 bits per heavy atom. The molecule has 2 atom stereocenters. The number of halogens is 1. The molecule has 3 rings (SSSR count). The highest BCUT2D eigenvalue weighted by atomic mass is 35.5. The smallest absolute Gasteiger partial charge is 0.289 e. The topological polar surface area (TPSA) is 93.6 Å². The molecule has 0 saturated carbocycles. The van der Waals surface area contributed by atoms with Crippen molar-refractivity contribution in [2.45, 2.75) is 17.7 Å². The van der Waals surface area contributed by atoms with E-state index in [2.05, 4.69) is 0 Å². The highest BCUT2D eigenvalue weighted by molar-refractivity contribution is 7.89. The summed E-state index contributed by atoms with van der Waals surface area (Å²) < 4.78 is 28.0. The number of benzene rings is 1. The summed E-state index contributed by atoms with van der Waals surface area (Å²) in [7, 11) is -3.20. The Morgan fingerprint density at radius 2 is 1.88 bits per heavy atom. The number of carbonyl (C=O) groups is 1. The average Bonchev–Trinajstić information content (AvgIpc) is 3.12. The minimum absolute atomic E-state index is 0. The molecule has 0 radical (unpaired) electrons. The highest BCUT2D eigenvalue weighted by Crippen LogP contribution is 2.27. The maximum absolute atomic E-state index is 12.6. The van der Waals surface area contributed by atoms with Crippen molar-refractivity contribution >= 4 is 28.2 Å². The van der Waals surface area contributed by atoms with Crippen LogP contribution in [0.25, 0.3) is 0 Å². The van der Waals surface area contributed by atoms with Crippen LogP contribution in [0.3, 0.4) is 0 Å². The zero-order chi connectivity index (χ0) is 17.3. The van der Waals surface area contributed by atoms with Gasteiger partial charge >= 0.3 is 0 Å². The van der Waals surface area contributed by atoms with E-state index in [4.69, 9.17) is 10.2 Å². The lowest BCUT2D eigenvalue weighted by molar-refractivity contribution is 0.0756. The van der Waals surface area contributed by atoms with Crippen LogP contribution in [-0.2, 0) is 15.6 Å². The standard InChI is InChI=1S/C17H20N2O4S.ClH/c1-24(21,22)11-13-7-8-16(23-13)17(20)19-9-14(15(18)10-19)12-5-3-2-4-6-12;/h2-8,14-15H,9-11,18H2,1H3;1H/t14-,15+;/m0./s1. The Hall–Kier alpha value is -1.83. The van der Waals surface area contributed by atoms with Crippen LogP contribution in [-0.4, -0.2) is 44.6 Å². The fourth-order valence-corrected chi connectivity index (χ4v) is 3.70. The number of rotatable bonds is 4. The molecule has 1 aliphatic rings. The van der Waals surface area contributed by atoms with Gasteiger partial charge in [-0.15, -0.1) is 12.4 Å². The van der Waals surface area contributed by atoms with Gasteiger partial charge in [0.2, 0.25) is 0 Å². The Labute approximate surface area is 153 Å². The zero-order valence-corrected chi connectivity index (χ0v) is 15.4. The van der Waals surface area contributed by atoms with E-state index in [0.717, 1.165) is 11.8 Å². The van der Waals surface area contributed by atoms with Crippen LogP contribution < -0.4 is 5.73 Å². The van der Waals surface area contributed by atoms with Crippen LogP contribution in [0.4, 0.5) is 0 Å². The molecular formula is C17H21ClN2O4S. The number of nitrogens with two attached hydrogens (primary N) is 1. The molecule has 0 unspecified atom stereocenters. The first-order valence-corrected chi connectivity index (χ1v) is 9.76. The summed E-state index contributed by atoms with van der Waals surface area (Å²) in [4.78, 5) is 14.2. The van der Waals surface area contributed by atoms with Gasteiger partial charge < -0.3 is 15.1 Å². The molecule has 2 N–H and O–H groups in total. The number of hydrogen-bond acceptors (Lipinski definition) is 5. The first-order valence-electron chi connectivity index (χ1n) is 7.70. The van der Waals surface area contributed by atoms with Crippen molar-refractivity contribution in [3.63, 3.8) is 0 Å². The van der Waals surface area contributed by atoms with Gasteiger partial charge in [-0.25, -0.2) is 8.42 Å². The number of amides is 1. The van der Waals surface area contributed by atoms with E-state index in [1.54, 1.807) is 4.90 Å². The van der Waals surface area contributed by atoms with E-state index >= 15 is 0 Å². The molecule has 2 aromatic rings. The molecule has 0 spiro atoms. The van der Waals surface area contributed by atoms with Crippen molar-refractivity contribution in [1.82, 2.24) is 4.90 Å². The number of furan rings is 1. The Morgan fingerprint density at radius 3 is 2.52 bits per heavy atom. The Bertz CT molecular complexity index is 835. The van der Waals surface area contributed by atoms with Crippen molar-refractivity contribution in [3.05, 3.63) is 59.5 Å². The number of nitrogens with zero attached hydrogens (tertiary/aromatic N) is 1. The lowest BCUT2D eigenvalue weighted by Gasteiger charge is -2.15. The molecule has 0 aliphatic carbocycles. The van der Waals surface area contributed by atoms with Gasteiger partial charge in [0.25, 0.3) is 5.91 Å². The van der Waals surface area contributed by atoms with Crippen LogP contribution in [0, 0.1) is 0 Å². The molecule has 8 heteroatoms. The summed E-state index contributed by atoms with van der Waals surface area (Å²) in [5.41, 5.74) is 7.31. The maximum Gasteiger partial charge on any atom is 0.289 e. The fraction of sp³-hybridized carbons (Fsp3) is 0.353. The average molecular weight is 385 g/mol. The second kappa shape index (κ2) is 7.59. The van der Waals surface area contributed by atoms with Gasteiger partial charge in [0, 0.05) is 31.3 Å². The van der Waals surface area contributed by atoms with E-state index in [1.807, 2.05) is 30.3 Å². The molecular weight excluding hydrogens is 364 g/mol. The molecule has 25 heavy (non-hydrogen) atoms. The van der Waals surface area contributed by atoms with Crippen molar-refractivity contribution in [1.29, 1.82) is 0 Å². The highest BCUT2D eigenvalue weighted by Gasteiger charge is 2.35. The normalized spacial score (nSPS) is 20.3. The van der Waals surface area contributed by atoms with Crippen LogP contribution in [0.2, 0.25) is 0 Å². The SMILES string of the molecule is CS(=O)(=O)Cc1ccc(C(=O)N2C[C@@H](N)[C@H](c3ccccc3)C2)o1.Cl. The second-order valence-corrected chi connectivity index (χ2v) is 8.37. The van der Waals surface area contributed by atoms with Gasteiger partial charge in [-0.2, -0.15) is 0 Å². The predicted molar refractivity (Wildman–Crippen MR) is 97.6 cm³/mol. The van der Waals surface area contributed by atoms with Gasteiger partial charge in [0.1, 0.15) is 11.5 Å². The monoisotopic (exact) mass is 384 g/mol. The molecule has 1 fully saturated rings. The summed E-state index contributed by atoms with van der Waals surface area (Å²) in [6.07, 6.45) is 1.13. The molecule has 1 amide bonds. The summed E-state index contributed by atoms with van der Waals surface area (Å²) in [5.74, 6) is 0.0228. The lowest BCUT2D eigenvalue weighted by Crippen LogP contribution is -2.32. The van der Waals surface area contributed by atoms with Crippen LogP contribution in [0.15, 0.2) is 46.9 Å². The van der Waals surface area contributed by atoms with Gasteiger partial charge in [0.15, 0.2) is 15.6 Å². The third-order valence-electron chi connectivity index (χ3n) is 4.16. The quantitative estimate of drug-likeness (QED) is 0.867. The van der Waals surface area contributed by atoms with Crippen molar-refractivity contribution in [2.75, 3.05) is 19.3 Å². The Balaban J connectivity index is 0.00000225. The number of likely N-dealkylation sites (tertiary alicyclic amines) is 1. The van der Waals surface area contributed by atoms with Gasteiger partial charge in [-0.05, 0) is 17.7 Å². The largest absolute Gasteiger partial charge is 0.455 e. The van der Waals surface area contributed by atoms with Crippen molar-refractivity contribution < 1.29 is 17.6 Å². The number of carbonyl (C=O) groups excluding carboxylic acids is 1. The molecule has 1 aromatic carbocycles. The van der Waals surface area contributed by atoms with E-state index in [-0.39, 0.29) is 47.5 Å². The first-order chi connectivity index (χ1) is 11.3. The van der Waals surface area contributed by atoms with Crippen molar-refractivity contribution in [3.8, 4) is 0 Å². The molecule has 1 aromatic heterocycles. The molecule has 6 nitrogen and oxygen atoms in total. The van der Waals surface area contributed by atoms with E-state index in [9.17, 15) is 13.2 Å². The van der Waals surface area contributed by atoms with E-state index in [1.165, 1.54) is 12.1 Å². The minimum atomic E-state index is -3.20. The maximum atomic E-state index is 12.6. The van der Waals surface area contributed by atoms with E-state index in [0.29, 0.717) is 13.1 Å². The third-order valence-corrected chi connectivity index (χ3v) is 4.97. The predicted octanol–water partition coefficient (Wildman–Crippen LogP) is 1.81.